The molecule has 28 heavy (non-hydrogen) atoms. The maximum atomic E-state index is 12.9. The Balaban J connectivity index is 1.47. The Labute approximate surface area is 163 Å². The molecule has 0 aliphatic carbocycles. The second-order valence-electron chi connectivity index (χ2n) is 7.11. The molecule has 6 heteroatoms. The van der Waals surface area contributed by atoms with Gasteiger partial charge in [-0.3, -0.25) is 9.48 Å². The van der Waals surface area contributed by atoms with Gasteiger partial charge in [-0.15, -0.1) is 0 Å². The molecule has 0 saturated heterocycles. The van der Waals surface area contributed by atoms with Gasteiger partial charge in [-0.05, 0) is 35.7 Å². The first-order valence-corrected chi connectivity index (χ1v) is 9.19. The Hall–Kier alpha value is -3.41. The van der Waals surface area contributed by atoms with Gasteiger partial charge in [0.1, 0.15) is 0 Å². The molecule has 0 bridgehead atoms. The van der Waals surface area contributed by atoms with Gasteiger partial charge in [-0.2, -0.15) is 5.10 Å². The number of benzene rings is 2. The van der Waals surface area contributed by atoms with Crippen molar-refractivity contribution in [1.82, 2.24) is 15.1 Å². The smallest absolute Gasteiger partial charge is 0.339 e. The second kappa shape index (κ2) is 7.31. The minimum atomic E-state index is -1.22. The summed E-state index contributed by atoms with van der Waals surface area (Å²) in [6.07, 6.45) is 3.99. The van der Waals surface area contributed by atoms with Crippen LogP contribution in [0.15, 0.2) is 67.0 Å². The number of ether oxygens (including phenoxy) is 1. The van der Waals surface area contributed by atoms with Gasteiger partial charge in [-0.1, -0.05) is 42.5 Å². The predicted molar refractivity (Wildman–Crippen MR) is 104 cm³/mol. The maximum Gasteiger partial charge on any atom is 0.339 e. The number of fused-ring (bicyclic) bond motifs is 1. The van der Waals surface area contributed by atoms with Crippen molar-refractivity contribution in [2.45, 2.75) is 32.0 Å². The standard InChI is InChI=1S/C22H21N3O3/c1-22(13-16-7-4-5-10-19(16)20(26)28-22)21(27)23-14-17-8-2-3-9-18(17)15-25-12-6-11-24-25/h2-12H,13-15H2,1H3,(H,23,27)/t22-/m0/s1. The largest absolute Gasteiger partial charge is 0.445 e. The average molecular weight is 375 g/mol. The van der Waals surface area contributed by atoms with E-state index in [4.69, 9.17) is 4.74 Å². The molecule has 0 fully saturated rings. The van der Waals surface area contributed by atoms with Gasteiger partial charge in [0.2, 0.25) is 0 Å². The Morgan fingerprint density at radius 1 is 1.14 bits per heavy atom. The van der Waals surface area contributed by atoms with E-state index in [0.717, 1.165) is 16.7 Å². The van der Waals surface area contributed by atoms with E-state index in [1.807, 2.05) is 53.3 Å². The van der Waals surface area contributed by atoms with Crippen molar-refractivity contribution in [3.05, 3.63) is 89.2 Å². The van der Waals surface area contributed by atoms with Crippen molar-refractivity contribution in [3.8, 4) is 0 Å². The highest BCUT2D eigenvalue weighted by Gasteiger charge is 2.42. The molecule has 0 radical (unpaired) electrons. The molecule has 1 atom stereocenters. The summed E-state index contributed by atoms with van der Waals surface area (Å²) >= 11 is 0. The van der Waals surface area contributed by atoms with E-state index >= 15 is 0 Å². The summed E-state index contributed by atoms with van der Waals surface area (Å²) in [6, 6.07) is 17.0. The van der Waals surface area contributed by atoms with Crippen molar-refractivity contribution in [2.24, 2.45) is 0 Å². The normalized spacial score (nSPS) is 18.2. The summed E-state index contributed by atoms with van der Waals surface area (Å²) in [4.78, 5) is 25.2. The molecule has 1 aliphatic heterocycles. The molecule has 2 aromatic carbocycles. The lowest BCUT2D eigenvalue weighted by Gasteiger charge is -2.33. The number of carbonyl (C=O) groups excluding carboxylic acids is 2. The summed E-state index contributed by atoms with van der Waals surface area (Å²) in [6.45, 7) is 2.63. The first-order chi connectivity index (χ1) is 13.5. The van der Waals surface area contributed by atoms with Gasteiger partial charge in [0, 0.05) is 25.4 Å². The molecule has 0 unspecified atom stereocenters. The molecule has 1 aliphatic rings. The lowest BCUT2D eigenvalue weighted by atomic mass is 9.89. The van der Waals surface area contributed by atoms with E-state index in [1.54, 1.807) is 25.3 Å². The van der Waals surface area contributed by atoms with E-state index in [1.165, 1.54) is 0 Å². The van der Waals surface area contributed by atoms with Crippen molar-refractivity contribution >= 4 is 11.9 Å². The number of aromatic nitrogens is 2. The first-order valence-electron chi connectivity index (χ1n) is 9.19. The topological polar surface area (TPSA) is 73.2 Å². The van der Waals surface area contributed by atoms with Crippen LogP contribution in [0.25, 0.3) is 0 Å². The van der Waals surface area contributed by atoms with E-state index in [2.05, 4.69) is 10.4 Å². The first kappa shape index (κ1) is 18.0. The van der Waals surface area contributed by atoms with Crippen LogP contribution in [-0.4, -0.2) is 27.3 Å². The fourth-order valence-corrected chi connectivity index (χ4v) is 3.47. The second-order valence-corrected chi connectivity index (χ2v) is 7.11. The minimum absolute atomic E-state index is 0.302. The Morgan fingerprint density at radius 2 is 1.89 bits per heavy atom. The number of rotatable bonds is 5. The summed E-state index contributed by atoms with van der Waals surface area (Å²) in [7, 11) is 0. The van der Waals surface area contributed by atoms with Crippen LogP contribution in [0.5, 0.6) is 0 Å². The number of nitrogens with zero attached hydrogens (tertiary/aromatic N) is 2. The summed E-state index contributed by atoms with van der Waals surface area (Å²) in [5, 5.41) is 7.17. The number of amides is 1. The van der Waals surface area contributed by atoms with Crippen LogP contribution in [0.1, 0.15) is 34.0 Å². The molecule has 4 rings (SSSR count). The van der Waals surface area contributed by atoms with Crippen LogP contribution in [0.2, 0.25) is 0 Å². The molecular formula is C22H21N3O3. The molecule has 1 aromatic heterocycles. The fraction of sp³-hybridized carbons (Fsp3) is 0.227. The minimum Gasteiger partial charge on any atom is -0.445 e. The fourth-order valence-electron chi connectivity index (χ4n) is 3.47. The van der Waals surface area contributed by atoms with E-state index in [0.29, 0.717) is 25.1 Å². The van der Waals surface area contributed by atoms with Crippen LogP contribution in [-0.2, 0) is 29.0 Å². The number of carbonyl (C=O) groups is 2. The highest BCUT2D eigenvalue weighted by molar-refractivity contribution is 5.97. The summed E-state index contributed by atoms with van der Waals surface area (Å²) in [5.41, 5.74) is 2.20. The van der Waals surface area contributed by atoms with Crippen LogP contribution in [0, 0.1) is 0 Å². The molecule has 0 saturated carbocycles. The third-order valence-corrected chi connectivity index (χ3v) is 5.01. The summed E-state index contributed by atoms with van der Waals surface area (Å²) < 4.78 is 7.34. The Morgan fingerprint density at radius 3 is 2.68 bits per heavy atom. The summed E-state index contributed by atoms with van der Waals surface area (Å²) in [5.74, 6) is -0.761. The number of hydrogen-bond donors (Lipinski definition) is 1. The van der Waals surface area contributed by atoms with Crippen molar-refractivity contribution in [2.75, 3.05) is 0 Å². The maximum absolute atomic E-state index is 12.9. The van der Waals surface area contributed by atoms with Crippen LogP contribution >= 0.6 is 0 Å². The van der Waals surface area contributed by atoms with Crippen molar-refractivity contribution in [3.63, 3.8) is 0 Å². The van der Waals surface area contributed by atoms with Gasteiger partial charge in [0.15, 0.2) is 5.60 Å². The van der Waals surface area contributed by atoms with Gasteiger partial charge in [-0.25, -0.2) is 4.79 Å². The highest BCUT2D eigenvalue weighted by Crippen LogP contribution is 2.28. The quantitative estimate of drug-likeness (QED) is 0.696. The molecule has 3 aromatic rings. The van der Waals surface area contributed by atoms with Crippen LogP contribution < -0.4 is 5.32 Å². The highest BCUT2D eigenvalue weighted by atomic mass is 16.6. The van der Waals surface area contributed by atoms with Gasteiger partial charge < -0.3 is 10.1 Å². The molecule has 1 N–H and O–H groups in total. The Bertz CT molecular complexity index is 1010. The molecule has 1 amide bonds. The lowest BCUT2D eigenvalue weighted by molar-refractivity contribution is -0.140. The molecule has 6 nitrogen and oxygen atoms in total. The zero-order valence-corrected chi connectivity index (χ0v) is 15.6. The van der Waals surface area contributed by atoms with Gasteiger partial charge in [0.25, 0.3) is 5.91 Å². The van der Waals surface area contributed by atoms with Crippen molar-refractivity contribution < 1.29 is 14.3 Å². The van der Waals surface area contributed by atoms with E-state index in [-0.39, 0.29) is 5.91 Å². The molecule has 142 valence electrons. The van der Waals surface area contributed by atoms with Crippen LogP contribution in [0.3, 0.4) is 0 Å². The Kier molecular flexibility index (Phi) is 4.69. The van der Waals surface area contributed by atoms with Gasteiger partial charge in [0.05, 0.1) is 12.1 Å². The van der Waals surface area contributed by atoms with Gasteiger partial charge >= 0.3 is 5.97 Å². The molecule has 2 heterocycles. The number of hydrogen-bond acceptors (Lipinski definition) is 4. The van der Waals surface area contributed by atoms with E-state index < -0.39 is 11.6 Å². The zero-order chi connectivity index (χ0) is 19.6. The number of esters is 1. The average Bonchev–Trinajstić information content (AvgIpc) is 3.20. The monoisotopic (exact) mass is 375 g/mol. The lowest BCUT2D eigenvalue weighted by Crippen LogP contribution is -2.51. The molecule has 0 spiro atoms. The van der Waals surface area contributed by atoms with Crippen molar-refractivity contribution in [1.29, 1.82) is 0 Å². The number of cyclic esters (lactones) is 1. The third-order valence-electron chi connectivity index (χ3n) is 5.01. The SMILES string of the molecule is C[C@@]1(C(=O)NCc2ccccc2Cn2cccn2)Cc2ccccc2C(=O)O1. The molecular weight excluding hydrogens is 354 g/mol. The predicted octanol–water partition coefficient (Wildman–Crippen LogP) is 2.72. The number of nitrogens with one attached hydrogen (secondary N) is 1. The third kappa shape index (κ3) is 3.53. The zero-order valence-electron chi connectivity index (χ0n) is 15.6. The van der Waals surface area contributed by atoms with E-state index in [9.17, 15) is 9.59 Å². The van der Waals surface area contributed by atoms with Crippen LogP contribution in [0.4, 0.5) is 0 Å².